The summed E-state index contributed by atoms with van der Waals surface area (Å²) >= 11 is 0. The molecule has 2 aliphatic rings. The second-order valence-corrected chi connectivity index (χ2v) is 6.92. The molecular formula is C16H31N. The predicted octanol–water partition coefficient (Wildman–Crippen LogP) is 4.37. The monoisotopic (exact) mass is 237 g/mol. The normalized spacial score (nSPS) is 43.6. The molecule has 4 unspecified atom stereocenters. The Bertz CT molecular complexity index is 216. The molecular weight excluding hydrogens is 206 g/mol. The zero-order valence-corrected chi connectivity index (χ0v) is 12.0. The summed E-state index contributed by atoms with van der Waals surface area (Å²) in [5.74, 6) is 2.86. The Morgan fingerprint density at radius 2 is 1.59 bits per heavy atom. The molecule has 1 N–H and O–H groups in total. The molecule has 0 aromatic carbocycles. The quantitative estimate of drug-likeness (QED) is 0.768. The van der Waals surface area contributed by atoms with Crippen molar-refractivity contribution in [2.45, 2.75) is 84.2 Å². The van der Waals surface area contributed by atoms with Crippen LogP contribution >= 0.6 is 0 Å². The average molecular weight is 237 g/mol. The number of hydrogen-bond acceptors (Lipinski definition) is 1. The minimum atomic E-state index is 0.814. The van der Waals surface area contributed by atoms with Gasteiger partial charge in [0.05, 0.1) is 0 Å². The van der Waals surface area contributed by atoms with Gasteiger partial charge in [-0.3, -0.25) is 0 Å². The van der Waals surface area contributed by atoms with Gasteiger partial charge in [-0.2, -0.15) is 0 Å². The van der Waals surface area contributed by atoms with Crippen LogP contribution in [-0.2, 0) is 0 Å². The molecule has 0 radical (unpaired) electrons. The van der Waals surface area contributed by atoms with Crippen LogP contribution in [0, 0.1) is 17.8 Å². The van der Waals surface area contributed by atoms with E-state index in [2.05, 4.69) is 26.1 Å². The van der Waals surface area contributed by atoms with Crippen LogP contribution in [0.2, 0.25) is 0 Å². The molecule has 2 saturated carbocycles. The van der Waals surface area contributed by atoms with Crippen molar-refractivity contribution in [2.75, 3.05) is 0 Å². The van der Waals surface area contributed by atoms with Gasteiger partial charge in [0, 0.05) is 12.1 Å². The number of rotatable bonds is 3. The molecule has 0 aromatic heterocycles. The van der Waals surface area contributed by atoms with E-state index in [0.717, 1.165) is 29.8 Å². The molecule has 1 heteroatoms. The van der Waals surface area contributed by atoms with E-state index < -0.39 is 0 Å². The molecule has 4 atom stereocenters. The lowest BCUT2D eigenvalue weighted by atomic mass is 9.79. The van der Waals surface area contributed by atoms with Crippen LogP contribution in [0.15, 0.2) is 0 Å². The maximum Gasteiger partial charge on any atom is 0.00747 e. The second-order valence-electron chi connectivity index (χ2n) is 6.92. The van der Waals surface area contributed by atoms with Gasteiger partial charge in [0.15, 0.2) is 0 Å². The highest BCUT2D eigenvalue weighted by Crippen LogP contribution is 2.31. The van der Waals surface area contributed by atoms with E-state index in [-0.39, 0.29) is 0 Å². The molecule has 0 spiro atoms. The summed E-state index contributed by atoms with van der Waals surface area (Å²) < 4.78 is 0. The van der Waals surface area contributed by atoms with E-state index >= 15 is 0 Å². The summed E-state index contributed by atoms with van der Waals surface area (Å²) in [5, 5.41) is 3.98. The van der Waals surface area contributed by atoms with Gasteiger partial charge >= 0.3 is 0 Å². The first-order chi connectivity index (χ1) is 8.17. The lowest BCUT2D eigenvalue weighted by Gasteiger charge is -2.37. The molecule has 0 heterocycles. The Labute approximate surface area is 108 Å². The van der Waals surface area contributed by atoms with E-state index in [9.17, 15) is 0 Å². The fourth-order valence-electron chi connectivity index (χ4n) is 4.23. The van der Waals surface area contributed by atoms with Crippen LogP contribution in [0.3, 0.4) is 0 Å². The highest BCUT2D eigenvalue weighted by molar-refractivity contribution is 4.85. The van der Waals surface area contributed by atoms with Crippen LogP contribution in [0.1, 0.15) is 72.1 Å². The van der Waals surface area contributed by atoms with Gasteiger partial charge in [0.2, 0.25) is 0 Å². The van der Waals surface area contributed by atoms with E-state index in [4.69, 9.17) is 0 Å². The van der Waals surface area contributed by atoms with E-state index in [1.54, 1.807) is 0 Å². The molecule has 2 rings (SSSR count). The summed E-state index contributed by atoms with van der Waals surface area (Å²) in [7, 11) is 0. The fourth-order valence-corrected chi connectivity index (χ4v) is 4.23. The van der Waals surface area contributed by atoms with E-state index in [0.29, 0.717) is 0 Å². The zero-order chi connectivity index (χ0) is 12.3. The highest BCUT2D eigenvalue weighted by Gasteiger charge is 2.27. The van der Waals surface area contributed by atoms with Crippen molar-refractivity contribution in [3.05, 3.63) is 0 Å². The maximum atomic E-state index is 3.98. The number of nitrogens with one attached hydrogen (secondary N) is 1. The van der Waals surface area contributed by atoms with Gasteiger partial charge < -0.3 is 5.32 Å². The minimum absolute atomic E-state index is 0.814. The van der Waals surface area contributed by atoms with Gasteiger partial charge in [0.1, 0.15) is 0 Å². The van der Waals surface area contributed by atoms with Gasteiger partial charge in [-0.15, -0.1) is 0 Å². The van der Waals surface area contributed by atoms with Gasteiger partial charge in [-0.1, -0.05) is 40.0 Å². The van der Waals surface area contributed by atoms with Gasteiger partial charge in [0.25, 0.3) is 0 Å². The molecule has 0 aliphatic heterocycles. The average Bonchev–Trinajstić information content (AvgIpc) is 2.28. The Hall–Kier alpha value is -0.0400. The van der Waals surface area contributed by atoms with Crippen molar-refractivity contribution >= 4 is 0 Å². The summed E-state index contributed by atoms with van der Waals surface area (Å²) in [5.41, 5.74) is 0. The lowest BCUT2D eigenvalue weighted by Crippen LogP contribution is -2.44. The van der Waals surface area contributed by atoms with Crippen molar-refractivity contribution < 1.29 is 0 Å². The van der Waals surface area contributed by atoms with Crippen molar-refractivity contribution in [1.29, 1.82) is 0 Å². The third-order valence-corrected chi connectivity index (χ3v) is 5.01. The van der Waals surface area contributed by atoms with Crippen molar-refractivity contribution in [3.63, 3.8) is 0 Å². The van der Waals surface area contributed by atoms with Crippen molar-refractivity contribution in [1.82, 2.24) is 5.32 Å². The third-order valence-electron chi connectivity index (χ3n) is 5.01. The molecule has 2 aliphatic carbocycles. The Balaban J connectivity index is 1.79. The van der Waals surface area contributed by atoms with E-state index in [1.165, 1.54) is 51.4 Å². The molecule has 0 bridgehead atoms. The van der Waals surface area contributed by atoms with Crippen LogP contribution in [0.25, 0.3) is 0 Å². The molecule has 0 aromatic rings. The smallest absolute Gasteiger partial charge is 0.00747 e. The fraction of sp³-hybridized carbons (Fsp3) is 1.00. The third kappa shape index (κ3) is 3.98. The topological polar surface area (TPSA) is 12.0 Å². The predicted molar refractivity (Wildman–Crippen MR) is 75.1 cm³/mol. The highest BCUT2D eigenvalue weighted by atomic mass is 15.0. The summed E-state index contributed by atoms with van der Waals surface area (Å²) in [6.07, 6.45) is 11.5. The van der Waals surface area contributed by atoms with Gasteiger partial charge in [-0.25, -0.2) is 0 Å². The molecule has 0 amide bonds. The lowest BCUT2D eigenvalue weighted by molar-refractivity contribution is 0.194. The van der Waals surface area contributed by atoms with Crippen LogP contribution in [-0.4, -0.2) is 12.1 Å². The maximum absolute atomic E-state index is 3.98. The standard InChI is InChI=1S/C16H31N/c1-4-14-6-5-7-15(11-14)17-16-9-12(2)8-13(3)10-16/h12-17H,4-11H2,1-3H3. The first kappa shape index (κ1) is 13.4. The summed E-state index contributed by atoms with van der Waals surface area (Å²) in [6.45, 7) is 7.22. The Morgan fingerprint density at radius 1 is 0.882 bits per heavy atom. The molecule has 2 fully saturated rings. The second kappa shape index (κ2) is 6.22. The summed E-state index contributed by atoms with van der Waals surface area (Å²) in [4.78, 5) is 0. The molecule has 17 heavy (non-hydrogen) atoms. The summed E-state index contributed by atoms with van der Waals surface area (Å²) in [6, 6.07) is 1.64. The first-order valence-electron chi connectivity index (χ1n) is 7.93. The van der Waals surface area contributed by atoms with E-state index in [1.807, 2.05) is 0 Å². The number of hydrogen-bond donors (Lipinski definition) is 1. The van der Waals surface area contributed by atoms with Crippen LogP contribution in [0.5, 0.6) is 0 Å². The van der Waals surface area contributed by atoms with Crippen molar-refractivity contribution in [3.8, 4) is 0 Å². The first-order valence-corrected chi connectivity index (χ1v) is 7.93. The minimum Gasteiger partial charge on any atom is -0.311 e. The van der Waals surface area contributed by atoms with Gasteiger partial charge in [-0.05, 0) is 49.9 Å². The SMILES string of the molecule is CCC1CCCC(NC2CC(C)CC(C)C2)C1. The Kier molecular flexibility index (Phi) is 4.90. The molecule has 100 valence electrons. The molecule has 0 saturated heterocycles. The zero-order valence-electron chi connectivity index (χ0n) is 12.0. The van der Waals surface area contributed by atoms with Crippen LogP contribution in [0.4, 0.5) is 0 Å². The van der Waals surface area contributed by atoms with Crippen molar-refractivity contribution in [2.24, 2.45) is 17.8 Å². The largest absolute Gasteiger partial charge is 0.311 e. The Morgan fingerprint density at radius 3 is 2.24 bits per heavy atom. The van der Waals surface area contributed by atoms with Crippen LogP contribution < -0.4 is 5.32 Å². The molecule has 1 nitrogen and oxygen atoms in total.